The van der Waals surface area contributed by atoms with Gasteiger partial charge in [0, 0.05) is 0 Å². The SMILES string of the molecule is CCCCCCCCCCC(C)[C](C)(C)[Sn]. The van der Waals surface area contributed by atoms with Crippen LogP contribution in [0.2, 0.25) is 3.43 Å². The molecule has 0 spiro atoms. The second-order valence-electron chi connectivity index (χ2n) is 5.89. The van der Waals surface area contributed by atoms with Gasteiger partial charge in [-0.3, -0.25) is 0 Å². The van der Waals surface area contributed by atoms with Crippen LogP contribution >= 0.6 is 0 Å². The van der Waals surface area contributed by atoms with Crippen LogP contribution in [-0.4, -0.2) is 22.5 Å². The fourth-order valence-electron chi connectivity index (χ4n) is 1.95. The third-order valence-corrected chi connectivity index (χ3v) is 5.13. The van der Waals surface area contributed by atoms with Crippen molar-refractivity contribution in [3.8, 4) is 0 Å². The summed E-state index contributed by atoms with van der Waals surface area (Å²) in [6, 6.07) is 0. The Morgan fingerprint density at radius 1 is 0.875 bits per heavy atom. The topological polar surface area (TPSA) is 0 Å². The minimum atomic E-state index is 0.591. The molecule has 0 amide bonds. The first kappa shape index (κ1) is 16.8. The van der Waals surface area contributed by atoms with Crippen LogP contribution in [0.15, 0.2) is 0 Å². The molecule has 0 bridgehead atoms. The van der Waals surface area contributed by atoms with Crippen LogP contribution in [0.4, 0.5) is 0 Å². The van der Waals surface area contributed by atoms with Gasteiger partial charge in [-0.05, 0) is 0 Å². The Bertz CT molecular complexity index is 146. The van der Waals surface area contributed by atoms with Crippen molar-refractivity contribution in [2.75, 3.05) is 0 Å². The van der Waals surface area contributed by atoms with Crippen molar-refractivity contribution >= 4 is 22.5 Å². The fourth-order valence-corrected chi connectivity index (χ4v) is 2.36. The summed E-state index contributed by atoms with van der Waals surface area (Å²) in [7, 11) is 0. The van der Waals surface area contributed by atoms with Crippen molar-refractivity contribution in [3.63, 3.8) is 0 Å². The second kappa shape index (κ2) is 9.79. The molecule has 0 saturated carbocycles. The molecule has 1 atom stereocenters. The maximum atomic E-state index is 2.43. The first-order valence-electron chi connectivity index (χ1n) is 7.23. The average molecular weight is 330 g/mol. The summed E-state index contributed by atoms with van der Waals surface area (Å²) in [6.45, 7) is 9.52. The molecule has 0 nitrogen and oxygen atoms in total. The number of hydrogen-bond donors (Lipinski definition) is 0. The zero-order chi connectivity index (χ0) is 12.4. The predicted molar refractivity (Wildman–Crippen MR) is 76.2 cm³/mol. The molecule has 0 aromatic rings. The third kappa shape index (κ3) is 9.99. The Kier molecular flexibility index (Phi) is 10.3. The van der Waals surface area contributed by atoms with Crippen molar-refractivity contribution < 1.29 is 0 Å². The molecular weight excluding hydrogens is 299 g/mol. The molecule has 0 aliphatic heterocycles. The van der Waals surface area contributed by atoms with E-state index in [-0.39, 0.29) is 0 Å². The summed E-state index contributed by atoms with van der Waals surface area (Å²) in [4.78, 5) is 0. The van der Waals surface area contributed by atoms with E-state index in [9.17, 15) is 0 Å². The molecule has 0 aromatic heterocycles. The summed E-state index contributed by atoms with van der Waals surface area (Å²) in [6.07, 6.45) is 13.0. The number of hydrogen-bond acceptors (Lipinski definition) is 0. The monoisotopic (exact) mass is 331 g/mol. The molecule has 0 aliphatic carbocycles. The van der Waals surface area contributed by atoms with Crippen molar-refractivity contribution in [2.24, 2.45) is 5.92 Å². The first-order chi connectivity index (χ1) is 7.48. The maximum absolute atomic E-state index is 2.43. The van der Waals surface area contributed by atoms with Crippen molar-refractivity contribution in [3.05, 3.63) is 0 Å². The van der Waals surface area contributed by atoms with Gasteiger partial charge in [-0.1, -0.05) is 0 Å². The van der Waals surface area contributed by atoms with Crippen LogP contribution in [0.25, 0.3) is 0 Å². The molecular formula is C15H31Sn. The van der Waals surface area contributed by atoms with E-state index in [2.05, 4.69) is 27.7 Å². The predicted octanol–water partition coefficient (Wildman–Crippen LogP) is 5.52. The number of rotatable bonds is 10. The second-order valence-corrected chi connectivity index (χ2v) is 9.56. The molecule has 1 heteroatoms. The molecule has 95 valence electrons. The van der Waals surface area contributed by atoms with Crippen LogP contribution in [-0.2, 0) is 0 Å². The van der Waals surface area contributed by atoms with Gasteiger partial charge in [0.2, 0.25) is 0 Å². The Hall–Kier alpha value is 0.799. The van der Waals surface area contributed by atoms with Crippen LogP contribution in [0.1, 0.15) is 85.5 Å². The van der Waals surface area contributed by atoms with Gasteiger partial charge in [-0.25, -0.2) is 0 Å². The van der Waals surface area contributed by atoms with Gasteiger partial charge in [0.15, 0.2) is 0 Å². The van der Waals surface area contributed by atoms with Crippen molar-refractivity contribution in [2.45, 2.75) is 88.9 Å². The van der Waals surface area contributed by atoms with Crippen LogP contribution < -0.4 is 0 Å². The molecule has 16 heavy (non-hydrogen) atoms. The van der Waals surface area contributed by atoms with Gasteiger partial charge in [0.1, 0.15) is 0 Å². The summed E-state index contributed by atoms with van der Waals surface area (Å²) < 4.78 is 0.591. The van der Waals surface area contributed by atoms with E-state index in [1.807, 2.05) is 0 Å². The molecule has 0 rings (SSSR count). The fraction of sp³-hybridized carbons (Fsp3) is 1.00. The van der Waals surface area contributed by atoms with Crippen molar-refractivity contribution in [1.82, 2.24) is 0 Å². The minimum absolute atomic E-state index is 0.591. The van der Waals surface area contributed by atoms with E-state index >= 15 is 0 Å². The van der Waals surface area contributed by atoms with Gasteiger partial charge < -0.3 is 0 Å². The molecule has 1 unspecified atom stereocenters. The zero-order valence-corrected chi connectivity index (χ0v) is 14.8. The average Bonchev–Trinajstić information content (AvgIpc) is 2.20. The Morgan fingerprint density at radius 3 is 1.75 bits per heavy atom. The normalized spacial score (nSPS) is 14.1. The zero-order valence-electron chi connectivity index (χ0n) is 11.9. The van der Waals surface area contributed by atoms with Crippen LogP contribution in [0, 0.1) is 5.92 Å². The third-order valence-electron chi connectivity index (χ3n) is 3.72. The molecule has 0 saturated heterocycles. The number of unbranched alkanes of at least 4 members (excludes halogenated alkanes) is 7. The van der Waals surface area contributed by atoms with E-state index < -0.39 is 0 Å². The molecule has 0 fully saturated rings. The Balaban J connectivity index is 3.21. The van der Waals surface area contributed by atoms with Gasteiger partial charge in [-0.15, -0.1) is 0 Å². The summed E-state index contributed by atoms with van der Waals surface area (Å²) in [5.74, 6) is 0.908. The Morgan fingerprint density at radius 2 is 1.31 bits per heavy atom. The Labute approximate surface area is 117 Å². The summed E-state index contributed by atoms with van der Waals surface area (Å²) in [5, 5.41) is 0. The van der Waals surface area contributed by atoms with Crippen LogP contribution in [0.5, 0.6) is 0 Å². The first-order valence-corrected chi connectivity index (χ1v) is 8.66. The van der Waals surface area contributed by atoms with Gasteiger partial charge in [0.05, 0.1) is 0 Å². The van der Waals surface area contributed by atoms with E-state index in [0.717, 1.165) is 5.92 Å². The molecule has 0 aliphatic rings. The quantitative estimate of drug-likeness (QED) is 0.365. The summed E-state index contributed by atoms with van der Waals surface area (Å²) >= 11 is 1.70. The van der Waals surface area contributed by atoms with Gasteiger partial charge in [0.25, 0.3) is 0 Å². The standard InChI is InChI=1S/C15H31.Sn/c1-5-6-7-8-9-10-11-12-13-15(4)14(2)3;/h15H,5-13H2,1-4H3;. The van der Waals surface area contributed by atoms with E-state index in [1.54, 1.807) is 22.5 Å². The molecule has 0 heterocycles. The van der Waals surface area contributed by atoms with Crippen molar-refractivity contribution in [1.29, 1.82) is 0 Å². The van der Waals surface area contributed by atoms with E-state index in [1.165, 1.54) is 57.8 Å². The van der Waals surface area contributed by atoms with Gasteiger partial charge in [-0.2, -0.15) is 0 Å². The van der Waals surface area contributed by atoms with E-state index in [4.69, 9.17) is 0 Å². The molecule has 0 aromatic carbocycles. The molecule has 0 N–H and O–H groups in total. The summed E-state index contributed by atoms with van der Waals surface area (Å²) in [5.41, 5.74) is 0. The van der Waals surface area contributed by atoms with Crippen LogP contribution in [0.3, 0.4) is 0 Å². The van der Waals surface area contributed by atoms with Gasteiger partial charge >= 0.3 is 117 Å². The molecule has 3 radical (unpaired) electrons. The van der Waals surface area contributed by atoms with E-state index in [0.29, 0.717) is 3.43 Å².